The molecular weight excluding hydrogens is 466 g/mol. The Morgan fingerprint density at radius 2 is 1.85 bits per heavy atom. The lowest BCUT2D eigenvalue weighted by molar-refractivity contribution is -0.196. The van der Waals surface area contributed by atoms with Crippen LogP contribution in [0.25, 0.3) is 11.0 Å². The lowest BCUT2D eigenvalue weighted by atomic mass is 10.0. The summed E-state index contributed by atoms with van der Waals surface area (Å²) in [5.74, 6) is -1.71. The van der Waals surface area contributed by atoms with Crippen LogP contribution in [0.3, 0.4) is 0 Å². The van der Waals surface area contributed by atoms with Crippen LogP contribution in [0, 0.1) is 0 Å². The molecule has 0 radical (unpaired) electrons. The van der Waals surface area contributed by atoms with Crippen molar-refractivity contribution in [2.45, 2.75) is 64.1 Å². The van der Waals surface area contributed by atoms with E-state index in [9.17, 15) is 22.5 Å². The van der Waals surface area contributed by atoms with Crippen LogP contribution < -0.4 is 5.73 Å². The minimum Gasteiger partial charge on any atom is -0.462 e. The Kier molecular flexibility index (Phi) is 12.0. The SMILES string of the molecule is CCCCCCCCc1ccc2nc([C@@H](N)COP(=O)(O)O)[nH]c2c1.COC(=O)C(F)(F)F. The summed E-state index contributed by atoms with van der Waals surface area (Å²) in [6.07, 6.45) is 3.78. The number of methoxy groups -OCH3 is 1. The minimum absolute atomic E-state index is 0.297. The average molecular weight is 497 g/mol. The number of nitrogens with one attached hydrogen (secondary N) is 1. The van der Waals surface area contributed by atoms with Crippen LogP contribution in [0.2, 0.25) is 0 Å². The van der Waals surface area contributed by atoms with Gasteiger partial charge in [0.25, 0.3) is 0 Å². The van der Waals surface area contributed by atoms with E-state index in [2.05, 4.69) is 38.3 Å². The van der Waals surface area contributed by atoms with Crippen LogP contribution >= 0.6 is 7.82 Å². The van der Waals surface area contributed by atoms with Gasteiger partial charge in [0.2, 0.25) is 0 Å². The van der Waals surface area contributed by atoms with Gasteiger partial charge in [-0.3, -0.25) is 4.52 Å². The number of hydrogen-bond acceptors (Lipinski definition) is 6. The van der Waals surface area contributed by atoms with E-state index >= 15 is 0 Å². The van der Waals surface area contributed by atoms with E-state index in [0.29, 0.717) is 12.9 Å². The summed E-state index contributed by atoms with van der Waals surface area (Å²) in [7, 11) is -3.85. The number of phosphoric ester groups is 1. The van der Waals surface area contributed by atoms with Crippen LogP contribution in [0.1, 0.15) is 62.9 Å². The summed E-state index contributed by atoms with van der Waals surface area (Å²) in [4.78, 5) is 34.5. The number of alkyl halides is 3. The zero-order valence-corrected chi connectivity index (χ0v) is 19.5. The first-order valence-corrected chi connectivity index (χ1v) is 12.0. The van der Waals surface area contributed by atoms with E-state index in [-0.39, 0.29) is 6.61 Å². The Morgan fingerprint density at radius 3 is 2.39 bits per heavy atom. The van der Waals surface area contributed by atoms with Crippen LogP contribution in [0.15, 0.2) is 18.2 Å². The lowest BCUT2D eigenvalue weighted by Gasteiger charge is -2.09. The Balaban J connectivity index is 0.000000582. The fourth-order valence-corrected chi connectivity index (χ4v) is 3.24. The smallest absolute Gasteiger partial charge is 0.462 e. The highest BCUT2D eigenvalue weighted by Crippen LogP contribution is 2.36. The van der Waals surface area contributed by atoms with E-state index in [1.165, 1.54) is 44.1 Å². The summed E-state index contributed by atoms with van der Waals surface area (Å²) < 4.78 is 51.5. The number of benzene rings is 1. The van der Waals surface area contributed by atoms with Crippen molar-refractivity contribution in [3.63, 3.8) is 0 Å². The van der Waals surface area contributed by atoms with Crippen molar-refractivity contribution in [2.75, 3.05) is 13.7 Å². The number of nitrogens with two attached hydrogens (primary N) is 1. The molecule has 2 aromatic rings. The van der Waals surface area contributed by atoms with E-state index in [1.54, 1.807) is 0 Å². The standard InChI is InChI=1S/C17H28N3O4P.C3H3F3O2/c1-2-3-4-5-6-7-8-13-9-10-15-16(11-13)20-17(19-15)14(18)12-24-25(21,22)23;1-8-2(7)3(4,5)6/h9-11,14H,2-8,12,18H2,1H3,(H,19,20)(H2,21,22,23);1H3/t14-;/m0./s1. The normalized spacial score (nSPS) is 12.8. The van der Waals surface area contributed by atoms with Gasteiger partial charge < -0.3 is 25.2 Å². The molecule has 2 rings (SSSR count). The molecule has 0 saturated carbocycles. The first-order chi connectivity index (χ1) is 15.4. The molecule has 188 valence electrons. The number of halogens is 3. The second-order valence-electron chi connectivity index (χ2n) is 7.37. The number of hydrogen-bond donors (Lipinski definition) is 4. The van der Waals surface area contributed by atoms with Crippen molar-refractivity contribution in [3.8, 4) is 0 Å². The molecule has 0 unspecified atom stereocenters. The molecule has 5 N–H and O–H groups in total. The number of H-pyrrole nitrogens is 1. The van der Waals surface area contributed by atoms with Crippen LogP contribution in [0.5, 0.6) is 0 Å². The monoisotopic (exact) mass is 497 g/mol. The number of carbonyl (C=O) groups is 1. The molecule has 9 nitrogen and oxygen atoms in total. The molecule has 1 atom stereocenters. The van der Waals surface area contributed by atoms with Gasteiger partial charge in [0.1, 0.15) is 5.82 Å². The van der Waals surface area contributed by atoms with E-state index in [1.807, 2.05) is 6.07 Å². The van der Waals surface area contributed by atoms with Gasteiger partial charge in [0.15, 0.2) is 0 Å². The highest BCUT2D eigenvalue weighted by Gasteiger charge is 2.40. The van der Waals surface area contributed by atoms with Gasteiger partial charge in [-0.05, 0) is 30.5 Å². The molecule has 13 heteroatoms. The molecule has 0 aliphatic heterocycles. The van der Waals surface area contributed by atoms with Crippen molar-refractivity contribution in [1.29, 1.82) is 0 Å². The fraction of sp³-hybridized carbons (Fsp3) is 0.600. The summed E-state index contributed by atoms with van der Waals surface area (Å²) in [6, 6.07) is 5.35. The van der Waals surface area contributed by atoms with E-state index in [4.69, 9.17) is 15.5 Å². The highest BCUT2D eigenvalue weighted by atomic mass is 31.2. The Hall–Kier alpha value is -1.98. The summed E-state index contributed by atoms with van der Waals surface area (Å²) >= 11 is 0. The van der Waals surface area contributed by atoms with Crippen molar-refractivity contribution in [1.82, 2.24) is 9.97 Å². The third-order valence-electron chi connectivity index (χ3n) is 4.57. The van der Waals surface area contributed by atoms with Gasteiger partial charge in [-0.1, -0.05) is 45.1 Å². The number of carbonyl (C=O) groups excluding carboxylic acids is 1. The predicted octanol–water partition coefficient (Wildman–Crippen LogP) is 4.30. The number of ether oxygens (including phenoxy) is 1. The van der Waals surface area contributed by atoms with E-state index < -0.39 is 26.0 Å². The number of phosphoric acid groups is 1. The first kappa shape index (κ1) is 29.1. The van der Waals surface area contributed by atoms with Crippen molar-refractivity contribution >= 4 is 24.8 Å². The minimum atomic E-state index is -4.85. The number of imidazole rings is 1. The molecule has 0 amide bonds. The molecule has 0 spiro atoms. The summed E-state index contributed by atoms with van der Waals surface area (Å²) in [6.45, 7) is 1.92. The largest absolute Gasteiger partial charge is 0.490 e. The molecule has 0 bridgehead atoms. The predicted molar refractivity (Wildman–Crippen MR) is 116 cm³/mol. The zero-order valence-electron chi connectivity index (χ0n) is 18.6. The van der Waals surface area contributed by atoms with Crippen molar-refractivity contribution < 1.29 is 41.6 Å². The number of rotatable bonds is 11. The van der Waals surface area contributed by atoms with Crippen molar-refractivity contribution in [2.24, 2.45) is 5.73 Å². The molecule has 1 aromatic carbocycles. The molecule has 33 heavy (non-hydrogen) atoms. The molecule has 1 aromatic heterocycles. The number of nitrogens with zero attached hydrogens (tertiary/aromatic N) is 1. The van der Waals surface area contributed by atoms with Gasteiger partial charge in [0.05, 0.1) is 30.8 Å². The second-order valence-corrected chi connectivity index (χ2v) is 8.61. The molecule has 0 fully saturated rings. The number of aromatic nitrogens is 2. The molecule has 0 saturated heterocycles. The maximum absolute atomic E-state index is 11.0. The first-order valence-electron chi connectivity index (χ1n) is 10.5. The second kappa shape index (κ2) is 13.7. The number of unbranched alkanes of at least 4 members (excludes halogenated alkanes) is 5. The van der Waals surface area contributed by atoms with Crippen LogP contribution in [0.4, 0.5) is 13.2 Å². The fourth-order valence-electron chi connectivity index (χ4n) is 2.89. The summed E-state index contributed by atoms with van der Waals surface area (Å²) in [5, 5.41) is 0. The Bertz CT molecular complexity index is 916. The Morgan fingerprint density at radius 1 is 1.21 bits per heavy atom. The number of aryl methyl sites for hydroxylation is 1. The van der Waals surface area contributed by atoms with Crippen molar-refractivity contribution in [3.05, 3.63) is 29.6 Å². The highest BCUT2D eigenvalue weighted by molar-refractivity contribution is 7.46. The topological polar surface area (TPSA) is 148 Å². The van der Waals surface area contributed by atoms with Gasteiger partial charge >= 0.3 is 20.0 Å². The molecule has 1 heterocycles. The number of aromatic amines is 1. The lowest BCUT2D eigenvalue weighted by Crippen LogP contribution is -2.23. The van der Waals surface area contributed by atoms with Crippen LogP contribution in [-0.4, -0.2) is 45.6 Å². The van der Waals surface area contributed by atoms with Gasteiger partial charge in [-0.15, -0.1) is 0 Å². The number of esters is 1. The van der Waals surface area contributed by atoms with Crippen LogP contribution in [-0.2, 0) is 25.0 Å². The zero-order chi connectivity index (χ0) is 25.1. The quantitative estimate of drug-likeness (QED) is 0.204. The van der Waals surface area contributed by atoms with E-state index in [0.717, 1.165) is 17.5 Å². The van der Waals surface area contributed by atoms with Gasteiger partial charge in [-0.25, -0.2) is 14.3 Å². The summed E-state index contributed by atoms with van der Waals surface area (Å²) in [5.41, 5.74) is 8.79. The molecule has 0 aliphatic rings. The third kappa shape index (κ3) is 11.6. The third-order valence-corrected chi connectivity index (χ3v) is 5.06. The van der Waals surface area contributed by atoms with Gasteiger partial charge in [-0.2, -0.15) is 13.2 Å². The maximum atomic E-state index is 11.0. The number of fused-ring (bicyclic) bond motifs is 1. The maximum Gasteiger partial charge on any atom is 0.490 e. The molecule has 0 aliphatic carbocycles. The van der Waals surface area contributed by atoms with Gasteiger partial charge in [0, 0.05) is 0 Å². The Labute approximate surface area is 190 Å². The molecular formula is C20H31F3N3O6P. The average Bonchev–Trinajstić information content (AvgIpc) is 3.16.